The molecule has 0 saturated carbocycles. The highest BCUT2D eigenvalue weighted by Crippen LogP contribution is 2.52. The van der Waals surface area contributed by atoms with E-state index in [1.165, 1.54) is 18.2 Å². The molecule has 1 aliphatic rings. The van der Waals surface area contributed by atoms with Crippen molar-refractivity contribution in [1.82, 2.24) is 4.90 Å². The molecule has 1 aliphatic heterocycles. The quantitative estimate of drug-likeness (QED) is 0.301. The Morgan fingerprint density at radius 1 is 1.11 bits per heavy atom. The molecule has 0 bridgehead atoms. The molecule has 190 valence electrons. The average Bonchev–Trinajstić information content (AvgIpc) is 3.09. The van der Waals surface area contributed by atoms with Crippen molar-refractivity contribution < 1.29 is 13.9 Å². The second-order valence-electron chi connectivity index (χ2n) is 8.74. The molecule has 0 aliphatic carbocycles. The normalized spacial score (nSPS) is 17.8. The number of rotatable bonds is 12. The van der Waals surface area contributed by atoms with Gasteiger partial charge in [-0.3, -0.25) is 4.79 Å². The largest absolute Gasteiger partial charge is 0.353 e. The van der Waals surface area contributed by atoms with E-state index >= 15 is 4.39 Å². The number of nitrogens with zero attached hydrogens (tertiary/aromatic N) is 3. The minimum Gasteiger partial charge on any atom is -0.353 e. The minimum atomic E-state index is -1.88. The number of carbonyl (C=O) groups excluding carboxylic acids is 1. The number of benzene rings is 2. The Morgan fingerprint density at radius 2 is 1.77 bits per heavy atom. The first-order chi connectivity index (χ1) is 16.7. The number of nitroso groups, excluding NO2 is 1. The Hall–Kier alpha value is -2.06. The Bertz CT molecular complexity index is 1080. The molecule has 0 radical (unpaired) electrons. The second-order valence-corrected chi connectivity index (χ2v) is 9.58. The molecule has 1 heterocycles. The van der Waals surface area contributed by atoms with Crippen molar-refractivity contribution in [3.63, 3.8) is 0 Å². The van der Waals surface area contributed by atoms with E-state index in [1.807, 2.05) is 27.7 Å². The number of fused-ring (bicyclic) bond motifs is 1. The lowest BCUT2D eigenvalue weighted by Crippen LogP contribution is -2.48. The van der Waals surface area contributed by atoms with E-state index in [9.17, 15) is 9.70 Å². The van der Waals surface area contributed by atoms with Crippen molar-refractivity contribution in [2.24, 2.45) is 5.18 Å². The molecule has 6 nitrogen and oxygen atoms in total. The van der Waals surface area contributed by atoms with E-state index in [-0.39, 0.29) is 17.2 Å². The first-order valence-corrected chi connectivity index (χ1v) is 12.8. The first-order valence-electron chi connectivity index (χ1n) is 12.0. The van der Waals surface area contributed by atoms with Crippen LogP contribution in [0.25, 0.3) is 0 Å². The number of carbonyl (C=O) groups is 1. The molecule has 0 saturated heterocycles. The van der Waals surface area contributed by atoms with Crippen LogP contribution >= 0.6 is 23.2 Å². The lowest BCUT2D eigenvalue weighted by molar-refractivity contribution is -0.141. The minimum absolute atomic E-state index is 0.0350. The summed E-state index contributed by atoms with van der Waals surface area (Å²) in [4.78, 5) is 29.8. The zero-order valence-corrected chi connectivity index (χ0v) is 22.1. The van der Waals surface area contributed by atoms with E-state index < -0.39 is 22.9 Å². The van der Waals surface area contributed by atoms with Crippen LogP contribution in [-0.4, -0.2) is 49.1 Å². The summed E-state index contributed by atoms with van der Waals surface area (Å²) in [6.45, 7) is 10.1. The molecule has 1 amide bonds. The zero-order chi connectivity index (χ0) is 25.8. The van der Waals surface area contributed by atoms with Crippen LogP contribution in [0.4, 0.5) is 10.1 Å². The zero-order valence-electron chi connectivity index (χ0n) is 20.6. The van der Waals surface area contributed by atoms with E-state index in [1.54, 1.807) is 23.1 Å². The van der Waals surface area contributed by atoms with Crippen LogP contribution in [0.3, 0.4) is 0 Å². The van der Waals surface area contributed by atoms with Gasteiger partial charge in [-0.15, -0.1) is 0 Å². The van der Waals surface area contributed by atoms with Gasteiger partial charge >= 0.3 is 0 Å². The molecular weight excluding hydrogens is 492 g/mol. The fourth-order valence-electron chi connectivity index (χ4n) is 4.59. The lowest BCUT2D eigenvalue weighted by Gasteiger charge is -2.34. The highest BCUT2D eigenvalue weighted by molar-refractivity contribution is 6.37. The van der Waals surface area contributed by atoms with Gasteiger partial charge in [0.15, 0.2) is 0 Å². The molecular formula is C26H32Cl2FN3O3. The monoisotopic (exact) mass is 523 g/mol. The smallest absolute Gasteiger partial charge is 0.268 e. The highest BCUT2D eigenvalue weighted by atomic mass is 35.5. The summed E-state index contributed by atoms with van der Waals surface area (Å²) >= 11 is 13.0. The summed E-state index contributed by atoms with van der Waals surface area (Å²) in [6.07, 6.45) is 0.808. The molecule has 9 heteroatoms. The number of hydrogen-bond acceptors (Lipinski definition) is 5. The van der Waals surface area contributed by atoms with Gasteiger partial charge in [-0.2, -0.15) is 4.91 Å². The van der Waals surface area contributed by atoms with Crippen molar-refractivity contribution in [2.45, 2.75) is 51.7 Å². The van der Waals surface area contributed by atoms with Gasteiger partial charge in [0.2, 0.25) is 5.60 Å². The molecule has 1 unspecified atom stereocenters. The standard InChI is InChI=1S/C26H32Cl2FN3O3/c1-5-25(6-2,30-34)17-35-26(19-11-9-10-12-21(19)29)23-20(28)15-18(27)16-22(23)32(24(26)33)14-13-31(7-3)8-4/h9-12,15-16H,5-8,13-14,17H2,1-4H3. The number of amides is 1. The van der Waals surface area contributed by atoms with Gasteiger partial charge in [0.05, 0.1) is 17.3 Å². The molecule has 0 fully saturated rings. The van der Waals surface area contributed by atoms with Crippen molar-refractivity contribution >= 4 is 34.8 Å². The van der Waals surface area contributed by atoms with Crippen LogP contribution in [-0.2, 0) is 15.1 Å². The fraction of sp³-hybridized carbons (Fsp3) is 0.500. The first kappa shape index (κ1) is 27.5. The maximum Gasteiger partial charge on any atom is 0.268 e. The fourth-order valence-corrected chi connectivity index (χ4v) is 5.21. The topological polar surface area (TPSA) is 62.2 Å². The van der Waals surface area contributed by atoms with Crippen molar-refractivity contribution in [3.8, 4) is 0 Å². The average molecular weight is 524 g/mol. The number of halogens is 3. The molecule has 2 aromatic carbocycles. The predicted octanol–water partition coefficient (Wildman–Crippen LogP) is 6.41. The summed E-state index contributed by atoms with van der Waals surface area (Å²) < 4.78 is 21.7. The van der Waals surface area contributed by atoms with Gasteiger partial charge in [-0.05, 0) is 44.1 Å². The summed E-state index contributed by atoms with van der Waals surface area (Å²) in [5.41, 5.74) is -2.11. The van der Waals surface area contributed by atoms with Crippen molar-refractivity contribution in [3.05, 3.63) is 68.3 Å². The third-order valence-electron chi connectivity index (χ3n) is 7.08. The summed E-state index contributed by atoms with van der Waals surface area (Å²) in [6, 6.07) is 9.16. The molecule has 2 aromatic rings. The van der Waals surface area contributed by atoms with Crippen LogP contribution in [0.15, 0.2) is 41.6 Å². The van der Waals surface area contributed by atoms with Crippen LogP contribution in [0.5, 0.6) is 0 Å². The summed E-state index contributed by atoms with van der Waals surface area (Å²) in [5, 5.41) is 3.87. The summed E-state index contributed by atoms with van der Waals surface area (Å²) in [7, 11) is 0. The van der Waals surface area contributed by atoms with Crippen LogP contribution in [0, 0.1) is 10.7 Å². The molecule has 0 spiro atoms. The van der Waals surface area contributed by atoms with Crippen LogP contribution in [0.1, 0.15) is 51.7 Å². The highest BCUT2D eigenvalue weighted by Gasteiger charge is 2.57. The van der Waals surface area contributed by atoms with Crippen LogP contribution < -0.4 is 4.90 Å². The van der Waals surface area contributed by atoms with Crippen molar-refractivity contribution in [1.29, 1.82) is 0 Å². The van der Waals surface area contributed by atoms with Crippen molar-refractivity contribution in [2.75, 3.05) is 37.7 Å². The Labute approximate surface area is 216 Å². The molecule has 0 aromatic heterocycles. The SMILES string of the molecule is CCN(CC)CCN1C(=O)C(OCC(CC)(CC)N=O)(c2ccccc2F)c2c(Cl)cc(Cl)cc21. The van der Waals surface area contributed by atoms with E-state index in [0.717, 1.165) is 13.1 Å². The maximum atomic E-state index is 15.4. The molecule has 35 heavy (non-hydrogen) atoms. The van der Waals surface area contributed by atoms with Gasteiger partial charge in [0, 0.05) is 29.2 Å². The third kappa shape index (κ3) is 4.96. The number of ether oxygens (including phenoxy) is 1. The van der Waals surface area contributed by atoms with E-state index in [2.05, 4.69) is 10.1 Å². The molecule has 3 rings (SSSR count). The number of likely N-dealkylation sites (N-methyl/N-ethyl adjacent to an activating group) is 1. The third-order valence-corrected chi connectivity index (χ3v) is 7.59. The van der Waals surface area contributed by atoms with Gasteiger partial charge < -0.3 is 14.5 Å². The summed E-state index contributed by atoms with van der Waals surface area (Å²) in [5.74, 6) is -1.08. The molecule has 0 N–H and O–H groups in total. The number of anilines is 1. The van der Waals surface area contributed by atoms with E-state index in [0.29, 0.717) is 42.2 Å². The van der Waals surface area contributed by atoms with Gasteiger partial charge in [0.25, 0.3) is 5.91 Å². The maximum absolute atomic E-state index is 15.4. The number of hydrogen-bond donors (Lipinski definition) is 0. The Kier molecular flexibility index (Phi) is 8.91. The van der Waals surface area contributed by atoms with Gasteiger partial charge in [-0.25, -0.2) is 4.39 Å². The second kappa shape index (κ2) is 11.3. The Morgan fingerprint density at radius 3 is 2.34 bits per heavy atom. The molecule has 1 atom stereocenters. The predicted molar refractivity (Wildman–Crippen MR) is 139 cm³/mol. The van der Waals surface area contributed by atoms with Crippen LogP contribution in [0.2, 0.25) is 10.0 Å². The lowest BCUT2D eigenvalue weighted by atomic mass is 9.85. The van der Waals surface area contributed by atoms with E-state index in [4.69, 9.17) is 27.9 Å². The van der Waals surface area contributed by atoms with Gasteiger partial charge in [-0.1, -0.05) is 74.3 Å². The Balaban J connectivity index is 2.24. The van der Waals surface area contributed by atoms with Gasteiger partial charge in [0.1, 0.15) is 11.4 Å².